The second kappa shape index (κ2) is 3.72. The summed E-state index contributed by atoms with van der Waals surface area (Å²) in [5.41, 5.74) is -2.02. The molecule has 2 N–H and O–H groups in total. The molecular formula is C6H8O5. The van der Waals surface area contributed by atoms with Crippen LogP contribution in [0.5, 0.6) is 11.5 Å². The molecule has 0 fully saturated rings. The molecule has 1 aromatic carbocycles. The monoisotopic (exact) mass is 160 g/mol. The van der Waals surface area contributed by atoms with Crippen molar-refractivity contribution in [1.29, 1.82) is 0 Å². The molecule has 0 saturated heterocycles. The molecule has 0 saturated carbocycles. The molecule has 0 aliphatic heterocycles. The molecule has 5 heteroatoms. The van der Waals surface area contributed by atoms with Crippen molar-refractivity contribution in [3.63, 3.8) is 0 Å². The lowest BCUT2D eigenvalue weighted by Gasteiger charge is -1.92. The van der Waals surface area contributed by atoms with E-state index in [2.05, 4.69) is 4.74 Å². The third-order valence-corrected chi connectivity index (χ3v) is 0.861. The summed E-state index contributed by atoms with van der Waals surface area (Å²) in [4.78, 5) is 19.9. The first-order valence-electron chi connectivity index (χ1n) is 2.67. The van der Waals surface area contributed by atoms with E-state index >= 15 is 0 Å². The molecule has 0 heterocycles. The lowest BCUT2D eigenvalue weighted by molar-refractivity contribution is 0.277. The van der Waals surface area contributed by atoms with Gasteiger partial charge in [0.15, 0.2) is 0 Å². The predicted octanol–water partition coefficient (Wildman–Crippen LogP) is -1.04. The predicted molar refractivity (Wildman–Crippen MR) is 37.6 cm³/mol. The molecule has 0 bridgehead atoms. The number of rotatable bonds is 0. The molecular weight excluding hydrogens is 152 g/mol. The van der Waals surface area contributed by atoms with Crippen molar-refractivity contribution in [1.82, 2.24) is 0 Å². The van der Waals surface area contributed by atoms with Crippen LogP contribution in [0, 0.1) is 0 Å². The highest BCUT2D eigenvalue weighted by molar-refractivity contribution is 5.42. The van der Waals surface area contributed by atoms with Crippen LogP contribution in [0.25, 0.3) is 0 Å². The Morgan fingerprint density at radius 3 is 1.27 bits per heavy atom. The lowest BCUT2D eigenvalue weighted by atomic mass is 10.2. The number of methoxy groups -OCH3 is 1. The summed E-state index contributed by atoms with van der Waals surface area (Å²) in [7, 11) is 3.25. The molecule has 0 aliphatic carbocycles. The fraction of sp³-hybridized carbons (Fsp3) is 0.333. The molecule has 1 rings (SSSR count). The quantitative estimate of drug-likeness (QED) is 0.473. The van der Waals surface area contributed by atoms with Crippen LogP contribution in [-0.4, -0.2) is 24.4 Å². The maximum Gasteiger partial charge on any atom is 0.275 e. The highest BCUT2D eigenvalue weighted by atomic mass is 16.4. The molecule has 0 aliphatic rings. The van der Waals surface area contributed by atoms with Gasteiger partial charge in [0.2, 0.25) is 11.5 Å². The second-order valence-corrected chi connectivity index (χ2v) is 1.76. The van der Waals surface area contributed by atoms with Crippen LogP contribution < -0.4 is 10.9 Å². The van der Waals surface area contributed by atoms with E-state index in [1.54, 1.807) is 14.2 Å². The molecule has 5 nitrogen and oxygen atoms in total. The Morgan fingerprint density at radius 2 is 1.18 bits per heavy atom. The topological polar surface area (TPSA) is 83.8 Å². The molecule has 0 atom stereocenters. The summed E-state index contributed by atoms with van der Waals surface area (Å²) in [5.74, 6) is -1.65. The van der Waals surface area contributed by atoms with Crippen LogP contribution in [0.4, 0.5) is 0 Å². The standard InChI is InChI=1S/C4H2O4.C2H6O/c5-1-2(6)4(8)3(1)7;1-3-2/h5-6H;1-2H3. The Hall–Kier alpha value is -1.36. The van der Waals surface area contributed by atoms with E-state index < -0.39 is 22.4 Å². The summed E-state index contributed by atoms with van der Waals surface area (Å²) in [6.45, 7) is 0. The van der Waals surface area contributed by atoms with Gasteiger partial charge in [-0.3, -0.25) is 9.59 Å². The van der Waals surface area contributed by atoms with Gasteiger partial charge in [-0.25, -0.2) is 0 Å². The van der Waals surface area contributed by atoms with Crippen molar-refractivity contribution in [2.45, 2.75) is 0 Å². The number of hydrogen-bond acceptors (Lipinski definition) is 5. The molecule has 11 heavy (non-hydrogen) atoms. The Morgan fingerprint density at radius 1 is 1.00 bits per heavy atom. The van der Waals surface area contributed by atoms with Gasteiger partial charge in [0, 0.05) is 14.2 Å². The summed E-state index contributed by atoms with van der Waals surface area (Å²) in [6, 6.07) is 0. The summed E-state index contributed by atoms with van der Waals surface area (Å²) in [6.07, 6.45) is 0. The third-order valence-electron chi connectivity index (χ3n) is 0.861. The summed E-state index contributed by atoms with van der Waals surface area (Å²) < 4.78 is 4.25. The van der Waals surface area contributed by atoms with Crippen molar-refractivity contribution in [2.75, 3.05) is 14.2 Å². The highest BCUT2D eigenvalue weighted by Gasteiger charge is 2.17. The van der Waals surface area contributed by atoms with Crippen LogP contribution in [-0.2, 0) is 4.74 Å². The molecule has 0 aromatic heterocycles. The lowest BCUT2D eigenvalue weighted by Crippen LogP contribution is -2.28. The zero-order valence-electron chi connectivity index (χ0n) is 6.12. The normalized spacial score (nSPS) is 8.91. The van der Waals surface area contributed by atoms with Crippen LogP contribution in [0.1, 0.15) is 0 Å². The van der Waals surface area contributed by atoms with Crippen LogP contribution in [0.3, 0.4) is 0 Å². The average molecular weight is 160 g/mol. The van der Waals surface area contributed by atoms with Gasteiger partial charge in [0.05, 0.1) is 0 Å². The number of ether oxygens (including phenoxy) is 1. The minimum Gasteiger partial charge on any atom is -0.501 e. The average Bonchev–Trinajstić information content (AvgIpc) is 2.02. The number of aromatic hydroxyl groups is 2. The molecule has 1 aromatic rings. The van der Waals surface area contributed by atoms with Gasteiger partial charge in [0.1, 0.15) is 0 Å². The van der Waals surface area contributed by atoms with Gasteiger partial charge < -0.3 is 14.9 Å². The molecule has 62 valence electrons. The minimum atomic E-state index is -1.01. The second-order valence-electron chi connectivity index (χ2n) is 1.76. The fourth-order valence-corrected chi connectivity index (χ4v) is 0.368. The summed E-state index contributed by atoms with van der Waals surface area (Å²) in [5, 5.41) is 16.4. The minimum absolute atomic E-state index is 0.824. The van der Waals surface area contributed by atoms with E-state index in [9.17, 15) is 9.59 Å². The van der Waals surface area contributed by atoms with E-state index in [0.717, 1.165) is 0 Å². The summed E-state index contributed by atoms with van der Waals surface area (Å²) >= 11 is 0. The Kier molecular flexibility index (Phi) is 3.26. The molecule has 0 spiro atoms. The third kappa shape index (κ3) is 1.78. The SMILES string of the molecule is COC.O=c1c(O)c(O)c1=O. The van der Waals surface area contributed by atoms with Gasteiger partial charge >= 0.3 is 0 Å². The van der Waals surface area contributed by atoms with Crippen LogP contribution in [0.15, 0.2) is 9.59 Å². The highest BCUT2D eigenvalue weighted by Crippen LogP contribution is 2.13. The van der Waals surface area contributed by atoms with Crippen LogP contribution in [0.2, 0.25) is 0 Å². The first-order chi connectivity index (χ1) is 5.06. The van der Waals surface area contributed by atoms with Crippen molar-refractivity contribution in [3.8, 4) is 11.5 Å². The van der Waals surface area contributed by atoms with Gasteiger partial charge in [-0.15, -0.1) is 0 Å². The largest absolute Gasteiger partial charge is 0.501 e. The molecule has 0 amide bonds. The van der Waals surface area contributed by atoms with E-state index in [0.29, 0.717) is 0 Å². The van der Waals surface area contributed by atoms with Gasteiger partial charge in [-0.1, -0.05) is 0 Å². The van der Waals surface area contributed by atoms with E-state index in [4.69, 9.17) is 10.2 Å². The van der Waals surface area contributed by atoms with E-state index in [-0.39, 0.29) is 0 Å². The van der Waals surface area contributed by atoms with Gasteiger partial charge in [-0.05, 0) is 0 Å². The van der Waals surface area contributed by atoms with E-state index in [1.807, 2.05) is 0 Å². The zero-order chi connectivity index (χ0) is 9.02. The smallest absolute Gasteiger partial charge is 0.275 e. The Bertz CT molecular complexity index is 264. The first-order valence-corrected chi connectivity index (χ1v) is 2.67. The maximum atomic E-state index is 9.95. The molecule has 0 unspecified atom stereocenters. The fourth-order valence-electron chi connectivity index (χ4n) is 0.368. The van der Waals surface area contributed by atoms with Gasteiger partial charge in [-0.2, -0.15) is 0 Å². The number of hydrogen-bond donors (Lipinski definition) is 2. The maximum absolute atomic E-state index is 9.95. The van der Waals surface area contributed by atoms with Crippen molar-refractivity contribution >= 4 is 0 Å². The van der Waals surface area contributed by atoms with Crippen molar-refractivity contribution in [2.24, 2.45) is 0 Å². The Balaban J connectivity index is 0.000000292. The molecule has 0 radical (unpaired) electrons. The van der Waals surface area contributed by atoms with E-state index in [1.165, 1.54) is 0 Å². The Labute approximate surface area is 62.2 Å². The van der Waals surface area contributed by atoms with Crippen molar-refractivity contribution < 1.29 is 14.9 Å². The first kappa shape index (κ1) is 9.64. The van der Waals surface area contributed by atoms with Crippen molar-refractivity contribution in [3.05, 3.63) is 20.4 Å². The van der Waals surface area contributed by atoms with Gasteiger partial charge in [0.25, 0.3) is 10.9 Å². The van der Waals surface area contributed by atoms with Crippen LogP contribution >= 0.6 is 0 Å². The zero-order valence-corrected chi connectivity index (χ0v) is 6.12.